The number of aromatic amines is 1. The van der Waals surface area contributed by atoms with Gasteiger partial charge in [0.1, 0.15) is 4.90 Å². The fraction of sp³-hybridized carbons (Fsp3) is 0.750. The maximum absolute atomic E-state index is 12.6. The normalized spacial score (nSPS) is 23.7. The van der Waals surface area contributed by atoms with Crippen LogP contribution in [0.2, 0.25) is 0 Å². The summed E-state index contributed by atoms with van der Waals surface area (Å²) in [4.78, 5) is 14.5. The van der Waals surface area contributed by atoms with Crippen LogP contribution in [0.4, 0.5) is 0 Å². The molecule has 8 heteroatoms. The lowest BCUT2D eigenvalue weighted by Gasteiger charge is -2.27. The van der Waals surface area contributed by atoms with E-state index in [4.69, 9.17) is 0 Å². The topological polar surface area (TPSA) is 95.2 Å². The monoisotopic (exact) mass is 354 g/mol. The molecule has 1 amide bonds. The average molecular weight is 354 g/mol. The van der Waals surface area contributed by atoms with Crippen LogP contribution in [-0.2, 0) is 14.8 Å². The van der Waals surface area contributed by atoms with Crippen molar-refractivity contribution in [1.82, 2.24) is 19.8 Å². The highest BCUT2D eigenvalue weighted by molar-refractivity contribution is 7.89. The van der Waals surface area contributed by atoms with E-state index in [0.29, 0.717) is 17.9 Å². The van der Waals surface area contributed by atoms with Gasteiger partial charge < -0.3 is 4.90 Å². The average Bonchev–Trinajstić information content (AvgIpc) is 2.91. The number of carbonyl (C=O) groups excluding carboxylic acids is 1. The molecule has 2 fully saturated rings. The quantitative estimate of drug-likeness (QED) is 0.803. The zero-order valence-electron chi connectivity index (χ0n) is 14.3. The molecule has 24 heavy (non-hydrogen) atoms. The molecule has 1 aromatic heterocycles. The van der Waals surface area contributed by atoms with E-state index in [-0.39, 0.29) is 29.3 Å². The summed E-state index contributed by atoms with van der Waals surface area (Å²) in [5.74, 6) is 0.0650. The first-order valence-electron chi connectivity index (χ1n) is 8.72. The summed E-state index contributed by atoms with van der Waals surface area (Å²) in [5, 5.41) is 6.65. The Kier molecular flexibility index (Phi) is 4.96. The second kappa shape index (κ2) is 6.84. The molecule has 1 aromatic rings. The molecular weight excluding hydrogens is 328 g/mol. The van der Waals surface area contributed by atoms with E-state index < -0.39 is 10.0 Å². The van der Waals surface area contributed by atoms with Crippen molar-refractivity contribution in [2.24, 2.45) is 0 Å². The summed E-state index contributed by atoms with van der Waals surface area (Å²) in [6.07, 6.45) is 7.07. The first-order valence-corrected chi connectivity index (χ1v) is 10.2. The third-order valence-electron chi connectivity index (χ3n) is 5.07. The summed E-state index contributed by atoms with van der Waals surface area (Å²) in [6, 6.07) is -0.0913. The van der Waals surface area contributed by atoms with Gasteiger partial charge in [-0.2, -0.15) is 5.10 Å². The van der Waals surface area contributed by atoms with Crippen LogP contribution in [0.3, 0.4) is 0 Å². The van der Waals surface area contributed by atoms with Crippen molar-refractivity contribution in [1.29, 1.82) is 0 Å². The van der Waals surface area contributed by atoms with Gasteiger partial charge in [-0.25, -0.2) is 13.1 Å². The minimum Gasteiger partial charge on any atom is -0.338 e. The Morgan fingerprint density at radius 1 is 1.17 bits per heavy atom. The molecule has 0 bridgehead atoms. The predicted octanol–water partition coefficient (Wildman–Crippen LogP) is 1.63. The summed E-state index contributed by atoms with van der Waals surface area (Å²) < 4.78 is 28.0. The van der Waals surface area contributed by atoms with Crippen molar-refractivity contribution in [2.45, 2.75) is 75.8 Å². The zero-order valence-corrected chi connectivity index (χ0v) is 15.2. The molecule has 0 aromatic carbocycles. The van der Waals surface area contributed by atoms with Gasteiger partial charge in [0.05, 0.1) is 11.4 Å². The number of hydrogen-bond acceptors (Lipinski definition) is 4. The molecule has 1 saturated heterocycles. The Morgan fingerprint density at radius 2 is 1.83 bits per heavy atom. The van der Waals surface area contributed by atoms with Gasteiger partial charge in [0.15, 0.2) is 0 Å². The number of nitrogens with one attached hydrogen (secondary N) is 2. The van der Waals surface area contributed by atoms with Gasteiger partial charge in [-0.05, 0) is 26.7 Å². The van der Waals surface area contributed by atoms with Crippen LogP contribution < -0.4 is 4.72 Å². The lowest BCUT2D eigenvalue weighted by atomic mass is 10.1. The van der Waals surface area contributed by atoms with Crippen LogP contribution in [0.5, 0.6) is 0 Å². The number of aryl methyl sites for hydroxylation is 2. The summed E-state index contributed by atoms with van der Waals surface area (Å²) in [7, 11) is -3.67. The number of nitrogens with zero attached hydrogens (tertiary/aromatic N) is 2. The highest BCUT2D eigenvalue weighted by Gasteiger charge is 2.37. The Hall–Kier alpha value is -1.41. The highest BCUT2D eigenvalue weighted by atomic mass is 32.2. The number of hydrogen-bond donors (Lipinski definition) is 2. The van der Waals surface area contributed by atoms with Crippen molar-refractivity contribution < 1.29 is 13.2 Å². The van der Waals surface area contributed by atoms with E-state index >= 15 is 0 Å². The third-order valence-corrected chi connectivity index (χ3v) is 6.86. The molecular formula is C16H26N4O3S. The molecule has 7 nitrogen and oxygen atoms in total. The molecule has 2 aliphatic rings. The standard InChI is InChI=1S/C16H26N4O3S/c1-11-16(12(2)18-17-11)24(22,23)19-13-9-15(21)20(10-13)14-7-5-3-4-6-8-14/h13-14,19H,3-10H2,1-2H3,(H,17,18)/t13-/m0/s1. The first kappa shape index (κ1) is 17.4. The molecule has 0 unspecified atom stereocenters. The fourth-order valence-corrected chi connectivity index (χ4v) is 5.55. The second-order valence-corrected chi connectivity index (χ2v) is 8.63. The largest absolute Gasteiger partial charge is 0.338 e. The minimum atomic E-state index is -3.67. The van der Waals surface area contributed by atoms with E-state index in [1.54, 1.807) is 13.8 Å². The number of carbonyl (C=O) groups is 1. The number of likely N-dealkylation sites (tertiary alicyclic amines) is 1. The Balaban J connectivity index is 1.70. The first-order chi connectivity index (χ1) is 11.4. The minimum absolute atomic E-state index is 0.0650. The molecule has 1 aliphatic carbocycles. The van der Waals surface area contributed by atoms with Gasteiger partial charge in [0.25, 0.3) is 0 Å². The van der Waals surface area contributed by atoms with Crippen LogP contribution in [0.1, 0.15) is 56.3 Å². The van der Waals surface area contributed by atoms with E-state index in [2.05, 4.69) is 14.9 Å². The molecule has 3 rings (SSSR count). The van der Waals surface area contributed by atoms with Gasteiger partial charge >= 0.3 is 0 Å². The van der Waals surface area contributed by atoms with E-state index in [1.807, 2.05) is 4.90 Å². The third kappa shape index (κ3) is 3.49. The van der Waals surface area contributed by atoms with Crippen molar-refractivity contribution in [2.75, 3.05) is 6.54 Å². The highest BCUT2D eigenvalue weighted by Crippen LogP contribution is 2.27. The van der Waals surface area contributed by atoms with Crippen LogP contribution in [0.25, 0.3) is 0 Å². The maximum atomic E-state index is 12.6. The Labute approximate surface area is 143 Å². The smallest absolute Gasteiger partial charge is 0.244 e. The summed E-state index contributed by atoms with van der Waals surface area (Å²) >= 11 is 0. The molecule has 1 aliphatic heterocycles. The van der Waals surface area contributed by atoms with Gasteiger partial charge in [0.2, 0.25) is 15.9 Å². The second-order valence-electron chi connectivity index (χ2n) is 6.98. The van der Waals surface area contributed by atoms with E-state index in [0.717, 1.165) is 25.7 Å². The fourth-order valence-electron chi connectivity index (χ4n) is 3.95. The summed E-state index contributed by atoms with van der Waals surface area (Å²) in [6.45, 7) is 3.82. The number of sulfonamides is 1. The number of amides is 1. The van der Waals surface area contributed by atoms with Gasteiger partial charge in [0, 0.05) is 25.0 Å². The molecule has 0 radical (unpaired) electrons. The molecule has 2 heterocycles. The SMILES string of the molecule is Cc1n[nH]c(C)c1S(=O)(=O)N[C@H]1CC(=O)N(C2CCCCCC2)C1. The van der Waals surface area contributed by atoms with Crippen LogP contribution in [0, 0.1) is 13.8 Å². The molecule has 2 N–H and O–H groups in total. The number of H-pyrrole nitrogens is 1. The number of rotatable bonds is 4. The number of aromatic nitrogens is 2. The molecule has 134 valence electrons. The van der Waals surface area contributed by atoms with Gasteiger partial charge in [-0.15, -0.1) is 0 Å². The summed E-state index contributed by atoms with van der Waals surface area (Å²) in [5.41, 5.74) is 0.967. The van der Waals surface area contributed by atoms with Crippen molar-refractivity contribution in [3.63, 3.8) is 0 Å². The molecule has 0 spiro atoms. The maximum Gasteiger partial charge on any atom is 0.244 e. The van der Waals surface area contributed by atoms with Crippen molar-refractivity contribution in [3.8, 4) is 0 Å². The lowest BCUT2D eigenvalue weighted by Crippen LogP contribution is -2.40. The van der Waals surface area contributed by atoms with Crippen molar-refractivity contribution >= 4 is 15.9 Å². The predicted molar refractivity (Wildman–Crippen MR) is 90.0 cm³/mol. The van der Waals surface area contributed by atoms with Gasteiger partial charge in [-0.1, -0.05) is 25.7 Å². The van der Waals surface area contributed by atoms with Crippen LogP contribution in [-0.4, -0.2) is 48.1 Å². The Bertz CT molecular complexity index is 685. The van der Waals surface area contributed by atoms with E-state index in [9.17, 15) is 13.2 Å². The zero-order chi connectivity index (χ0) is 17.3. The lowest BCUT2D eigenvalue weighted by molar-refractivity contribution is -0.129. The van der Waals surface area contributed by atoms with Crippen molar-refractivity contribution in [3.05, 3.63) is 11.4 Å². The van der Waals surface area contributed by atoms with Gasteiger partial charge in [-0.3, -0.25) is 9.89 Å². The van der Waals surface area contributed by atoms with E-state index in [1.165, 1.54) is 12.8 Å². The molecule has 1 saturated carbocycles. The van der Waals surface area contributed by atoms with Crippen LogP contribution >= 0.6 is 0 Å². The molecule has 1 atom stereocenters. The Morgan fingerprint density at radius 3 is 2.42 bits per heavy atom. The van der Waals surface area contributed by atoms with Crippen LogP contribution in [0.15, 0.2) is 4.90 Å².